The molecule has 0 saturated carbocycles. The third kappa shape index (κ3) is 2.80. The van der Waals surface area contributed by atoms with Crippen LogP contribution in [0.1, 0.15) is 46.3 Å². The average Bonchev–Trinajstić information content (AvgIpc) is 2.85. The van der Waals surface area contributed by atoms with Crippen molar-refractivity contribution in [1.82, 2.24) is 9.59 Å². The molecule has 0 spiro atoms. The van der Waals surface area contributed by atoms with Crippen molar-refractivity contribution < 1.29 is 4.79 Å². The first-order chi connectivity index (χ1) is 9.40. The molecule has 2 rings (SSSR count). The quantitative estimate of drug-likeness (QED) is 0.851. The lowest BCUT2D eigenvalue weighted by Gasteiger charge is -2.11. The van der Waals surface area contributed by atoms with E-state index in [1.165, 1.54) is 0 Å². The molecule has 1 aromatic carbocycles. The molecule has 0 bridgehead atoms. The average molecular weight is 290 g/mol. The largest absolute Gasteiger partial charge is 0.398 e. The van der Waals surface area contributed by atoms with E-state index in [-0.39, 0.29) is 11.8 Å². The Morgan fingerprint density at radius 3 is 2.65 bits per heavy atom. The van der Waals surface area contributed by atoms with Crippen LogP contribution in [-0.2, 0) is 0 Å². The molecule has 0 atom stereocenters. The molecule has 5 nitrogen and oxygen atoms in total. The molecule has 0 aliphatic carbocycles. The molecule has 1 amide bonds. The molecule has 1 heterocycles. The number of amides is 1. The highest BCUT2D eigenvalue weighted by molar-refractivity contribution is 7.08. The fourth-order valence-corrected chi connectivity index (χ4v) is 2.63. The number of rotatable bonds is 3. The number of nitrogen functional groups attached to an aromatic ring is 1. The summed E-state index contributed by atoms with van der Waals surface area (Å²) < 4.78 is 3.87. The lowest BCUT2D eigenvalue weighted by molar-refractivity contribution is 0.102. The summed E-state index contributed by atoms with van der Waals surface area (Å²) in [5.41, 5.74) is 9.99. The molecule has 1 aromatic heterocycles. The fraction of sp³-hybridized carbons (Fsp3) is 0.357. The Morgan fingerprint density at radius 1 is 1.30 bits per heavy atom. The standard InChI is InChI=1S/C14H18N4OS/c1-7(2)12-13(20-18-17-12)14(19)16-11-6-10(15)8(3)5-9(11)4/h5-7H,15H2,1-4H3,(H,16,19). The highest BCUT2D eigenvalue weighted by Gasteiger charge is 2.19. The maximum Gasteiger partial charge on any atom is 0.269 e. The van der Waals surface area contributed by atoms with Gasteiger partial charge in [0, 0.05) is 11.4 Å². The van der Waals surface area contributed by atoms with Gasteiger partial charge < -0.3 is 11.1 Å². The molecular weight excluding hydrogens is 272 g/mol. The summed E-state index contributed by atoms with van der Waals surface area (Å²) >= 11 is 1.11. The number of nitrogens with two attached hydrogens (primary N) is 1. The second-order valence-corrected chi connectivity index (χ2v) is 5.87. The normalized spacial score (nSPS) is 10.8. The Morgan fingerprint density at radius 2 is 2.00 bits per heavy atom. The van der Waals surface area contributed by atoms with Gasteiger partial charge in [0.15, 0.2) is 0 Å². The topological polar surface area (TPSA) is 80.9 Å². The molecule has 0 saturated heterocycles. The van der Waals surface area contributed by atoms with Crippen molar-refractivity contribution in [3.63, 3.8) is 0 Å². The molecule has 0 unspecified atom stereocenters. The van der Waals surface area contributed by atoms with Gasteiger partial charge in [-0.05, 0) is 48.5 Å². The molecule has 0 radical (unpaired) electrons. The van der Waals surface area contributed by atoms with E-state index in [0.717, 1.165) is 34.0 Å². The summed E-state index contributed by atoms with van der Waals surface area (Å²) in [7, 11) is 0. The van der Waals surface area contributed by atoms with Gasteiger partial charge in [-0.15, -0.1) is 5.10 Å². The number of nitrogens with zero attached hydrogens (tertiary/aromatic N) is 2. The minimum absolute atomic E-state index is 0.165. The zero-order chi connectivity index (χ0) is 14.9. The Labute approximate surface area is 122 Å². The first kappa shape index (κ1) is 14.5. The van der Waals surface area contributed by atoms with Gasteiger partial charge in [-0.3, -0.25) is 4.79 Å². The third-order valence-electron chi connectivity index (χ3n) is 3.13. The van der Waals surface area contributed by atoms with Crippen LogP contribution in [0.2, 0.25) is 0 Å². The Bertz CT molecular complexity index is 649. The van der Waals surface area contributed by atoms with Crippen LogP contribution >= 0.6 is 11.5 Å². The van der Waals surface area contributed by atoms with Crippen LogP contribution in [-0.4, -0.2) is 15.5 Å². The number of aryl methyl sites for hydroxylation is 2. The number of hydrogen-bond acceptors (Lipinski definition) is 5. The van der Waals surface area contributed by atoms with E-state index < -0.39 is 0 Å². The van der Waals surface area contributed by atoms with Crippen molar-refractivity contribution in [2.75, 3.05) is 11.1 Å². The van der Waals surface area contributed by atoms with E-state index in [4.69, 9.17) is 5.73 Å². The maximum absolute atomic E-state index is 12.3. The van der Waals surface area contributed by atoms with E-state index >= 15 is 0 Å². The van der Waals surface area contributed by atoms with Crippen molar-refractivity contribution in [2.45, 2.75) is 33.6 Å². The zero-order valence-electron chi connectivity index (χ0n) is 12.0. The van der Waals surface area contributed by atoms with Crippen LogP contribution in [0.25, 0.3) is 0 Å². The van der Waals surface area contributed by atoms with Gasteiger partial charge in [-0.2, -0.15) is 0 Å². The SMILES string of the molecule is Cc1cc(C)c(NC(=O)c2snnc2C(C)C)cc1N. The fourth-order valence-electron chi connectivity index (χ4n) is 1.92. The van der Waals surface area contributed by atoms with E-state index in [1.54, 1.807) is 6.07 Å². The Kier molecular flexibility index (Phi) is 4.04. The molecule has 0 aliphatic heterocycles. The van der Waals surface area contributed by atoms with Crippen molar-refractivity contribution in [3.05, 3.63) is 33.8 Å². The van der Waals surface area contributed by atoms with E-state index in [2.05, 4.69) is 14.9 Å². The first-order valence-electron chi connectivity index (χ1n) is 6.40. The predicted octanol–water partition coefficient (Wildman–Crippen LogP) is 3.11. The van der Waals surface area contributed by atoms with Crippen molar-refractivity contribution in [2.24, 2.45) is 0 Å². The van der Waals surface area contributed by atoms with Crippen molar-refractivity contribution >= 4 is 28.8 Å². The van der Waals surface area contributed by atoms with Gasteiger partial charge in [0.2, 0.25) is 0 Å². The summed E-state index contributed by atoms with van der Waals surface area (Å²) in [5.74, 6) is -0.0197. The molecule has 0 aliphatic rings. The van der Waals surface area contributed by atoms with Gasteiger partial charge in [-0.25, -0.2) is 0 Å². The van der Waals surface area contributed by atoms with Crippen LogP contribution in [0, 0.1) is 13.8 Å². The number of carbonyl (C=O) groups is 1. The van der Waals surface area contributed by atoms with Crippen LogP contribution in [0.3, 0.4) is 0 Å². The highest BCUT2D eigenvalue weighted by atomic mass is 32.1. The number of aromatic nitrogens is 2. The van der Waals surface area contributed by atoms with E-state index in [1.807, 2.05) is 33.8 Å². The van der Waals surface area contributed by atoms with E-state index in [9.17, 15) is 4.79 Å². The third-order valence-corrected chi connectivity index (χ3v) is 3.87. The molecule has 6 heteroatoms. The number of benzene rings is 1. The van der Waals surface area contributed by atoms with Crippen LogP contribution < -0.4 is 11.1 Å². The monoisotopic (exact) mass is 290 g/mol. The minimum Gasteiger partial charge on any atom is -0.398 e. The second kappa shape index (κ2) is 5.58. The molecule has 3 N–H and O–H groups in total. The van der Waals surface area contributed by atoms with Gasteiger partial charge in [0.05, 0.1) is 5.69 Å². The lowest BCUT2D eigenvalue weighted by atomic mass is 10.1. The van der Waals surface area contributed by atoms with Gasteiger partial charge in [-0.1, -0.05) is 24.4 Å². The van der Waals surface area contributed by atoms with Crippen LogP contribution in [0.15, 0.2) is 12.1 Å². The number of hydrogen-bond donors (Lipinski definition) is 2. The zero-order valence-corrected chi connectivity index (χ0v) is 12.8. The van der Waals surface area contributed by atoms with Crippen LogP contribution in [0.5, 0.6) is 0 Å². The van der Waals surface area contributed by atoms with Gasteiger partial charge >= 0.3 is 0 Å². The number of anilines is 2. The van der Waals surface area contributed by atoms with Gasteiger partial charge in [0.25, 0.3) is 5.91 Å². The smallest absolute Gasteiger partial charge is 0.269 e. The van der Waals surface area contributed by atoms with Gasteiger partial charge in [0.1, 0.15) is 4.88 Å². The van der Waals surface area contributed by atoms with E-state index in [0.29, 0.717) is 10.6 Å². The Hall–Kier alpha value is -1.95. The number of carbonyl (C=O) groups excluding carboxylic acids is 1. The lowest BCUT2D eigenvalue weighted by Crippen LogP contribution is -2.14. The minimum atomic E-state index is -0.185. The first-order valence-corrected chi connectivity index (χ1v) is 7.17. The summed E-state index contributed by atoms with van der Waals surface area (Å²) in [6.45, 7) is 7.86. The maximum atomic E-state index is 12.3. The molecule has 20 heavy (non-hydrogen) atoms. The summed E-state index contributed by atoms with van der Waals surface area (Å²) in [6, 6.07) is 3.74. The molecule has 0 fully saturated rings. The van der Waals surface area contributed by atoms with Crippen LogP contribution in [0.4, 0.5) is 11.4 Å². The summed E-state index contributed by atoms with van der Waals surface area (Å²) in [4.78, 5) is 12.9. The van der Waals surface area contributed by atoms with Crippen molar-refractivity contribution in [1.29, 1.82) is 0 Å². The summed E-state index contributed by atoms with van der Waals surface area (Å²) in [6.07, 6.45) is 0. The second-order valence-electron chi connectivity index (χ2n) is 5.12. The summed E-state index contributed by atoms with van der Waals surface area (Å²) in [5, 5.41) is 6.90. The highest BCUT2D eigenvalue weighted by Crippen LogP contribution is 2.25. The molecule has 106 valence electrons. The molecule has 2 aromatic rings. The molecular formula is C14H18N4OS. The van der Waals surface area contributed by atoms with Crippen molar-refractivity contribution in [3.8, 4) is 0 Å². The predicted molar refractivity (Wildman–Crippen MR) is 82.3 cm³/mol. The number of nitrogens with one attached hydrogen (secondary N) is 1. The Balaban J connectivity index is 2.28.